The smallest absolute Gasteiger partial charge is 0.253 e. The van der Waals surface area contributed by atoms with Crippen LogP contribution >= 0.6 is 0 Å². The molecule has 182 valence electrons. The summed E-state index contributed by atoms with van der Waals surface area (Å²) in [6, 6.07) is 17.7. The number of rotatable bonds is 5. The average molecular weight is 474 g/mol. The van der Waals surface area contributed by atoms with Crippen LogP contribution in [-0.2, 0) is 11.4 Å². The van der Waals surface area contributed by atoms with Gasteiger partial charge in [-0.05, 0) is 55.9 Å². The molecule has 3 heterocycles. The number of aryl methyl sites for hydroxylation is 2. The van der Waals surface area contributed by atoms with Crippen LogP contribution in [0.3, 0.4) is 0 Å². The van der Waals surface area contributed by atoms with Crippen molar-refractivity contribution in [2.75, 3.05) is 19.6 Å². The van der Waals surface area contributed by atoms with Crippen LogP contribution in [0.15, 0.2) is 59.1 Å². The van der Waals surface area contributed by atoms with Crippen molar-refractivity contribution in [2.24, 2.45) is 5.41 Å². The van der Waals surface area contributed by atoms with E-state index in [4.69, 9.17) is 9.26 Å². The average Bonchev–Trinajstić information content (AvgIpc) is 3.20. The highest BCUT2D eigenvalue weighted by Crippen LogP contribution is 2.48. The first-order valence-corrected chi connectivity index (χ1v) is 12.2. The van der Waals surface area contributed by atoms with E-state index >= 15 is 0 Å². The van der Waals surface area contributed by atoms with Crippen molar-refractivity contribution in [2.45, 2.75) is 45.6 Å². The predicted octanol–water partition coefficient (Wildman–Crippen LogP) is 4.40. The molecule has 35 heavy (non-hydrogen) atoms. The van der Waals surface area contributed by atoms with Gasteiger partial charge >= 0.3 is 0 Å². The molecule has 2 fully saturated rings. The van der Waals surface area contributed by atoms with Crippen molar-refractivity contribution in [3.8, 4) is 5.75 Å². The second-order valence-electron chi connectivity index (χ2n) is 9.72. The summed E-state index contributed by atoms with van der Waals surface area (Å²) < 4.78 is 11.1. The maximum absolute atomic E-state index is 13.3. The summed E-state index contributed by atoms with van der Waals surface area (Å²) in [6.07, 6.45) is 2.14. The number of amides is 2. The highest BCUT2D eigenvalue weighted by Gasteiger charge is 2.46. The van der Waals surface area contributed by atoms with E-state index < -0.39 is 0 Å². The minimum absolute atomic E-state index is 0.000777. The van der Waals surface area contributed by atoms with Crippen molar-refractivity contribution in [3.05, 3.63) is 82.7 Å². The molecule has 7 nitrogen and oxygen atoms in total. The quantitative estimate of drug-likeness (QED) is 0.594. The van der Waals surface area contributed by atoms with Gasteiger partial charge in [0, 0.05) is 37.5 Å². The topological polar surface area (TPSA) is 84.7 Å². The van der Waals surface area contributed by atoms with E-state index in [1.165, 1.54) is 5.56 Å². The lowest BCUT2D eigenvalue weighted by Crippen LogP contribution is -2.52. The van der Waals surface area contributed by atoms with E-state index in [1.54, 1.807) is 6.07 Å². The second-order valence-corrected chi connectivity index (χ2v) is 9.72. The third-order valence-electron chi connectivity index (χ3n) is 7.65. The van der Waals surface area contributed by atoms with Gasteiger partial charge in [0.15, 0.2) is 0 Å². The summed E-state index contributed by atoms with van der Waals surface area (Å²) in [5.74, 6) is 1.75. The maximum atomic E-state index is 13.3. The number of nitrogens with zero attached hydrogens (tertiary/aromatic N) is 2. The van der Waals surface area contributed by atoms with E-state index in [-0.39, 0.29) is 23.1 Å². The maximum Gasteiger partial charge on any atom is 0.253 e. The molecule has 1 N–H and O–H groups in total. The number of benzene rings is 2. The fourth-order valence-corrected chi connectivity index (χ4v) is 5.54. The van der Waals surface area contributed by atoms with Crippen LogP contribution in [0.1, 0.15) is 58.1 Å². The molecular weight excluding hydrogens is 442 g/mol. The van der Waals surface area contributed by atoms with E-state index in [0.717, 1.165) is 29.9 Å². The van der Waals surface area contributed by atoms with Crippen molar-refractivity contribution < 1.29 is 18.8 Å². The minimum Gasteiger partial charge on any atom is -0.489 e. The first-order chi connectivity index (χ1) is 16.9. The van der Waals surface area contributed by atoms with Gasteiger partial charge in [0.2, 0.25) is 5.91 Å². The molecule has 2 aliphatic heterocycles. The molecule has 2 saturated heterocycles. The summed E-state index contributed by atoms with van der Waals surface area (Å²) >= 11 is 0. The van der Waals surface area contributed by atoms with Gasteiger partial charge in [-0.2, -0.15) is 0 Å². The fraction of sp³-hybridized carbons (Fsp3) is 0.393. The van der Waals surface area contributed by atoms with Crippen LogP contribution in [0.4, 0.5) is 0 Å². The molecule has 0 saturated carbocycles. The normalized spacial score (nSPS) is 19.4. The van der Waals surface area contributed by atoms with Gasteiger partial charge in [-0.25, -0.2) is 0 Å². The Morgan fingerprint density at radius 3 is 2.63 bits per heavy atom. The Labute approximate surface area is 205 Å². The third kappa shape index (κ3) is 4.67. The third-order valence-corrected chi connectivity index (χ3v) is 7.65. The van der Waals surface area contributed by atoms with Gasteiger partial charge in [-0.3, -0.25) is 9.59 Å². The highest BCUT2D eigenvalue weighted by molar-refractivity contribution is 5.94. The highest BCUT2D eigenvalue weighted by atomic mass is 16.5. The Morgan fingerprint density at radius 2 is 1.91 bits per heavy atom. The van der Waals surface area contributed by atoms with Gasteiger partial charge in [0.1, 0.15) is 18.1 Å². The van der Waals surface area contributed by atoms with Crippen LogP contribution in [-0.4, -0.2) is 41.5 Å². The Balaban J connectivity index is 1.26. The molecule has 7 heteroatoms. The summed E-state index contributed by atoms with van der Waals surface area (Å²) in [7, 11) is 0. The van der Waals surface area contributed by atoms with Crippen LogP contribution < -0.4 is 10.1 Å². The van der Waals surface area contributed by atoms with Crippen LogP contribution in [0.2, 0.25) is 0 Å². The molecule has 1 aromatic heterocycles. The van der Waals surface area contributed by atoms with Crippen LogP contribution in [0, 0.1) is 19.3 Å². The van der Waals surface area contributed by atoms with Gasteiger partial charge in [-0.15, -0.1) is 0 Å². The summed E-state index contributed by atoms with van der Waals surface area (Å²) in [5.41, 5.74) is 3.49. The summed E-state index contributed by atoms with van der Waals surface area (Å²) in [4.78, 5) is 27.6. The molecule has 1 atom stereocenters. The standard InChI is InChI=1S/C28H31N3O4/c1-19-24(20(2)35-30-19)18-34-23-10-6-9-22(15-23)27(33)31-13-11-28(12-14-31)16-26(32)29-17-25(28)21-7-4-3-5-8-21/h3-10,15,25H,11-14,16-18H2,1-2H3,(H,29,32). The summed E-state index contributed by atoms with van der Waals surface area (Å²) in [6.45, 7) is 6.02. The number of aromatic nitrogens is 1. The van der Waals surface area contributed by atoms with E-state index in [9.17, 15) is 9.59 Å². The molecule has 0 aliphatic carbocycles. The number of carbonyl (C=O) groups excluding carboxylic acids is 2. The molecule has 2 aromatic carbocycles. The summed E-state index contributed by atoms with van der Waals surface area (Å²) in [5, 5.41) is 7.01. The van der Waals surface area contributed by atoms with E-state index in [1.807, 2.05) is 43.0 Å². The van der Waals surface area contributed by atoms with E-state index in [2.05, 4.69) is 34.7 Å². The lowest BCUT2D eigenvalue weighted by Gasteiger charge is -2.49. The lowest BCUT2D eigenvalue weighted by atomic mass is 9.62. The molecule has 0 radical (unpaired) electrons. The van der Waals surface area contributed by atoms with E-state index in [0.29, 0.717) is 44.0 Å². The fourth-order valence-electron chi connectivity index (χ4n) is 5.54. The number of hydrogen-bond acceptors (Lipinski definition) is 5. The number of nitrogens with one attached hydrogen (secondary N) is 1. The van der Waals surface area contributed by atoms with Crippen molar-refractivity contribution in [3.63, 3.8) is 0 Å². The Hall–Kier alpha value is -3.61. The predicted molar refractivity (Wildman–Crippen MR) is 131 cm³/mol. The van der Waals surface area contributed by atoms with Crippen LogP contribution in [0.5, 0.6) is 5.75 Å². The zero-order valence-electron chi connectivity index (χ0n) is 20.3. The van der Waals surface area contributed by atoms with Crippen molar-refractivity contribution in [1.29, 1.82) is 0 Å². The van der Waals surface area contributed by atoms with Crippen molar-refractivity contribution >= 4 is 11.8 Å². The number of carbonyl (C=O) groups is 2. The van der Waals surface area contributed by atoms with Gasteiger partial charge in [0.25, 0.3) is 5.91 Å². The number of ether oxygens (including phenoxy) is 1. The zero-order valence-corrected chi connectivity index (χ0v) is 20.3. The van der Waals surface area contributed by atoms with Crippen molar-refractivity contribution in [1.82, 2.24) is 15.4 Å². The minimum atomic E-state index is -0.111. The van der Waals surface area contributed by atoms with Crippen LogP contribution in [0.25, 0.3) is 0 Å². The zero-order chi connectivity index (χ0) is 24.4. The van der Waals surface area contributed by atoms with Gasteiger partial charge in [-0.1, -0.05) is 41.6 Å². The SMILES string of the molecule is Cc1noc(C)c1COc1cccc(C(=O)N2CCC3(CC2)CC(=O)NCC3c2ccccc2)c1. The number of likely N-dealkylation sites (tertiary alicyclic amines) is 1. The number of hydrogen-bond donors (Lipinski definition) is 1. The largest absolute Gasteiger partial charge is 0.489 e. The number of piperidine rings is 2. The molecular formula is C28H31N3O4. The molecule has 1 spiro atoms. The Kier molecular flexibility index (Phi) is 6.32. The monoisotopic (exact) mass is 473 g/mol. The molecule has 0 bridgehead atoms. The molecule has 5 rings (SSSR count). The van der Waals surface area contributed by atoms with Gasteiger partial charge in [0.05, 0.1) is 11.3 Å². The first-order valence-electron chi connectivity index (χ1n) is 12.2. The lowest BCUT2D eigenvalue weighted by molar-refractivity contribution is -0.127. The molecule has 3 aromatic rings. The Bertz CT molecular complexity index is 1190. The first kappa shape index (κ1) is 23.1. The molecule has 1 unspecified atom stereocenters. The Morgan fingerprint density at radius 1 is 1.14 bits per heavy atom. The molecule has 2 aliphatic rings. The second kappa shape index (κ2) is 9.56. The molecule has 2 amide bonds. The van der Waals surface area contributed by atoms with Gasteiger partial charge < -0.3 is 19.5 Å².